The third-order valence-corrected chi connectivity index (χ3v) is 6.02. The molecule has 0 spiro atoms. The summed E-state index contributed by atoms with van der Waals surface area (Å²) in [6, 6.07) is 7.51. The van der Waals surface area contributed by atoms with Gasteiger partial charge in [-0.25, -0.2) is 21.9 Å². The van der Waals surface area contributed by atoms with Gasteiger partial charge in [-0.05, 0) is 42.8 Å². The molecule has 3 rings (SSSR count). The number of non-ortho nitro benzene ring substituents is 1. The Labute approximate surface area is 154 Å². The molecule has 2 aromatic rings. The number of nitro benzene ring substituents is 1. The van der Waals surface area contributed by atoms with Gasteiger partial charge in [-0.1, -0.05) is 6.07 Å². The van der Waals surface area contributed by atoms with Crippen LogP contribution in [0.2, 0.25) is 0 Å². The second-order valence-corrected chi connectivity index (χ2v) is 7.97. The molecule has 2 aromatic carbocycles. The number of sulfonamides is 1. The molecule has 1 fully saturated rings. The first-order valence-electron chi connectivity index (χ1n) is 8.20. The highest BCUT2D eigenvalue weighted by Gasteiger charge is 2.31. The van der Waals surface area contributed by atoms with E-state index in [0.717, 1.165) is 36.4 Å². The molecule has 144 valence electrons. The van der Waals surface area contributed by atoms with Crippen molar-refractivity contribution in [2.45, 2.75) is 23.3 Å². The van der Waals surface area contributed by atoms with Crippen LogP contribution in [0.25, 0.3) is 0 Å². The fourth-order valence-corrected chi connectivity index (χ4v) is 4.42. The van der Waals surface area contributed by atoms with Gasteiger partial charge in [-0.2, -0.15) is 0 Å². The average Bonchev–Trinajstić information content (AvgIpc) is 2.64. The molecule has 0 saturated carbocycles. The summed E-state index contributed by atoms with van der Waals surface area (Å²) in [5.74, 6) is -2.28. The van der Waals surface area contributed by atoms with Gasteiger partial charge in [0.05, 0.1) is 9.82 Å². The minimum absolute atomic E-state index is 0.109. The Kier molecular flexibility index (Phi) is 5.49. The third-order valence-electron chi connectivity index (χ3n) is 4.52. The van der Waals surface area contributed by atoms with Crippen molar-refractivity contribution < 1.29 is 22.1 Å². The SMILES string of the molecule is O=[N+]([O-])c1ccc(S(=O)(=O)N[C@H]2CNCC[C@H]2c2ccc(F)c(F)c2)cc1. The first kappa shape index (κ1) is 19.3. The second kappa shape index (κ2) is 7.67. The lowest BCUT2D eigenvalue weighted by atomic mass is 9.86. The predicted molar refractivity (Wildman–Crippen MR) is 93.8 cm³/mol. The molecule has 1 aliphatic heterocycles. The van der Waals surface area contributed by atoms with Crippen LogP contribution >= 0.6 is 0 Å². The molecule has 0 aliphatic carbocycles. The largest absolute Gasteiger partial charge is 0.315 e. The lowest BCUT2D eigenvalue weighted by Crippen LogP contribution is -2.49. The van der Waals surface area contributed by atoms with Crippen LogP contribution in [0.15, 0.2) is 47.4 Å². The smallest absolute Gasteiger partial charge is 0.269 e. The molecule has 2 atom stereocenters. The van der Waals surface area contributed by atoms with Crippen LogP contribution < -0.4 is 10.0 Å². The predicted octanol–water partition coefficient (Wildman–Crippen LogP) is 2.30. The van der Waals surface area contributed by atoms with E-state index in [1.54, 1.807) is 0 Å². The number of rotatable bonds is 5. The first-order chi connectivity index (χ1) is 12.8. The Morgan fingerprint density at radius 2 is 1.81 bits per heavy atom. The van der Waals surface area contributed by atoms with E-state index in [1.165, 1.54) is 6.07 Å². The van der Waals surface area contributed by atoms with Crippen LogP contribution in [0.3, 0.4) is 0 Å². The highest BCUT2D eigenvalue weighted by Crippen LogP contribution is 2.28. The van der Waals surface area contributed by atoms with Crippen molar-refractivity contribution in [3.8, 4) is 0 Å². The van der Waals surface area contributed by atoms with Crippen LogP contribution in [0, 0.1) is 21.7 Å². The molecule has 2 N–H and O–H groups in total. The fraction of sp³-hybridized carbons (Fsp3) is 0.294. The number of nitro groups is 1. The van der Waals surface area contributed by atoms with Crippen molar-refractivity contribution in [3.63, 3.8) is 0 Å². The summed E-state index contributed by atoms with van der Waals surface area (Å²) >= 11 is 0. The summed E-state index contributed by atoms with van der Waals surface area (Å²) in [4.78, 5) is 9.98. The molecule has 0 aromatic heterocycles. The van der Waals surface area contributed by atoms with E-state index in [-0.39, 0.29) is 16.5 Å². The normalized spacial score (nSPS) is 20.4. The fourth-order valence-electron chi connectivity index (χ4n) is 3.14. The summed E-state index contributed by atoms with van der Waals surface area (Å²) < 4.78 is 54.6. The summed E-state index contributed by atoms with van der Waals surface area (Å²) in [6.45, 7) is 0.926. The minimum Gasteiger partial charge on any atom is -0.315 e. The molecule has 1 aliphatic rings. The van der Waals surface area contributed by atoms with Gasteiger partial charge in [0.25, 0.3) is 5.69 Å². The Hall–Kier alpha value is -2.43. The lowest BCUT2D eigenvalue weighted by Gasteiger charge is -2.33. The van der Waals surface area contributed by atoms with Gasteiger partial charge in [0.15, 0.2) is 11.6 Å². The zero-order chi connectivity index (χ0) is 19.6. The van der Waals surface area contributed by atoms with Gasteiger partial charge in [-0.3, -0.25) is 10.1 Å². The van der Waals surface area contributed by atoms with E-state index < -0.39 is 32.6 Å². The van der Waals surface area contributed by atoms with E-state index in [2.05, 4.69) is 10.0 Å². The molecule has 1 heterocycles. The molecular weight excluding hydrogens is 380 g/mol. The van der Waals surface area contributed by atoms with Crippen LogP contribution in [-0.4, -0.2) is 32.5 Å². The number of hydrogen-bond donors (Lipinski definition) is 2. The average molecular weight is 397 g/mol. The van der Waals surface area contributed by atoms with E-state index in [4.69, 9.17) is 0 Å². The van der Waals surface area contributed by atoms with Crippen molar-refractivity contribution in [1.82, 2.24) is 10.0 Å². The van der Waals surface area contributed by atoms with Crippen LogP contribution in [0.1, 0.15) is 17.9 Å². The highest BCUT2D eigenvalue weighted by molar-refractivity contribution is 7.89. The quantitative estimate of drug-likeness (QED) is 0.596. The van der Waals surface area contributed by atoms with Crippen LogP contribution in [-0.2, 0) is 10.0 Å². The van der Waals surface area contributed by atoms with Gasteiger partial charge < -0.3 is 5.32 Å². The number of halogens is 2. The molecule has 0 unspecified atom stereocenters. The van der Waals surface area contributed by atoms with Crippen LogP contribution in [0.5, 0.6) is 0 Å². The standard InChI is InChI=1S/C17H17F2N3O4S/c18-15-6-1-11(9-16(15)19)14-7-8-20-10-17(14)21-27(25,26)13-4-2-12(3-5-13)22(23)24/h1-6,9,14,17,20-21H,7-8,10H2/t14-,17-/m0/s1. The van der Waals surface area contributed by atoms with Gasteiger partial charge >= 0.3 is 0 Å². The van der Waals surface area contributed by atoms with Gasteiger partial charge in [0.1, 0.15) is 0 Å². The molecular formula is C17H17F2N3O4S. The second-order valence-electron chi connectivity index (χ2n) is 6.25. The van der Waals surface area contributed by atoms with E-state index in [9.17, 15) is 27.3 Å². The van der Waals surface area contributed by atoms with E-state index in [1.807, 2.05) is 0 Å². The first-order valence-corrected chi connectivity index (χ1v) is 9.69. The number of nitrogens with zero attached hydrogens (tertiary/aromatic N) is 1. The third kappa shape index (κ3) is 4.29. The van der Waals surface area contributed by atoms with E-state index in [0.29, 0.717) is 25.1 Å². The molecule has 7 nitrogen and oxygen atoms in total. The number of nitrogens with one attached hydrogen (secondary N) is 2. The van der Waals surface area contributed by atoms with Gasteiger partial charge in [-0.15, -0.1) is 0 Å². The Morgan fingerprint density at radius 1 is 1.11 bits per heavy atom. The molecule has 0 radical (unpaired) electrons. The topological polar surface area (TPSA) is 101 Å². The van der Waals surface area contributed by atoms with Gasteiger partial charge in [0.2, 0.25) is 10.0 Å². The molecule has 1 saturated heterocycles. The summed E-state index contributed by atoms with van der Waals surface area (Å²) in [6.07, 6.45) is 0.540. The molecule has 10 heteroatoms. The minimum atomic E-state index is -3.94. The zero-order valence-corrected chi connectivity index (χ0v) is 14.9. The summed E-state index contributed by atoms with van der Waals surface area (Å²) in [5, 5.41) is 13.8. The maximum absolute atomic E-state index is 13.6. The number of piperidine rings is 1. The van der Waals surface area contributed by atoms with Crippen LogP contribution in [0.4, 0.5) is 14.5 Å². The summed E-state index contributed by atoms with van der Waals surface area (Å²) in [7, 11) is -3.94. The van der Waals surface area contributed by atoms with E-state index >= 15 is 0 Å². The van der Waals surface area contributed by atoms with Crippen molar-refractivity contribution in [2.24, 2.45) is 0 Å². The number of hydrogen-bond acceptors (Lipinski definition) is 5. The lowest BCUT2D eigenvalue weighted by molar-refractivity contribution is -0.384. The molecule has 27 heavy (non-hydrogen) atoms. The Morgan fingerprint density at radius 3 is 2.44 bits per heavy atom. The maximum atomic E-state index is 13.6. The van der Waals surface area contributed by atoms with Gasteiger partial charge in [0, 0.05) is 30.6 Å². The zero-order valence-electron chi connectivity index (χ0n) is 14.1. The highest BCUT2D eigenvalue weighted by atomic mass is 32.2. The Bertz CT molecular complexity index is 951. The molecule has 0 bridgehead atoms. The van der Waals surface area contributed by atoms with Crippen molar-refractivity contribution in [2.75, 3.05) is 13.1 Å². The summed E-state index contributed by atoms with van der Waals surface area (Å²) in [5.41, 5.74) is 0.291. The molecule has 0 amide bonds. The van der Waals surface area contributed by atoms with Crippen molar-refractivity contribution >= 4 is 15.7 Å². The maximum Gasteiger partial charge on any atom is 0.269 e. The Balaban J connectivity index is 1.84. The van der Waals surface area contributed by atoms with Crippen molar-refractivity contribution in [3.05, 3.63) is 69.8 Å². The number of benzene rings is 2. The monoisotopic (exact) mass is 397 g/mol. The van der Waals surface area contributed by atoms with Crippen molar-refractivity contribution in [1.29, 1.82) is 0 Å².